The molecule has 1 N–H and O–H groups in total. The zero-order chi connectivity index (χ0) is 14.3. The number of nitrogens with one attached hydrogen (secondary N) is 1. The van der Waals surface area contributed by atoms with Gasteiger partial charge in [0.05, 0.1) is 0 Å². The van der Waals surface area contributed by atoms with Crippen molar-refractivity contribution in [3.63, 3.8) is 0 Å². The lowest BCUT2D eigenvalue weighted by molar-refractivity contribution is 0.160. The molecule has 1 rings (SSSR count). The Hall–Kier alpha value is -0.930. The summed E-state index contributed by atoms with van der Waals surface area (Å²) in [5, 5.41) is 3.61. The highest BCUT2D eigenvalue weighted by atomic mass is 15.1. The van der Waals surface area contributed by atoms with Gasteiger partial charge in [-0.05, 0) is 50.0 Å². The van der Waals surface area contributed by atoms with Crippen molar-refractivity contribution < 1.29 is 0 Å². The maximum atomic E-state index is 4.06. The molecule has 1 atom stereocenters. The normalized spacial score (nSPS) is 13.8. The summed E-state index contributed by atoms with van der Waals surface area (Å²) in [6, 6.07) is 4.69. The van der Waals surface area contributed by atoms with Gasteiger partial charge in [0.25, 0.3) is 0 Å². The van der Waals surface area contributed by atoms with Crippen LogP contribution in [-0.4, -0.2) is 36.1 Å². The molecule has 0 saturated heterocycles. The third-order valence-electron chi connectivity index (χ3n) is 3.75. The van der Waals surface area contributed by atoms with Crippen LogP contribution in [0.3, 0.4) is 0 Å². The predicted octanol–water partition coefficient (Wildman–Crippen LogP) is 2.93. The first-order chi connectivity index (χ1) is 8.95. The maximum absolute atomic E-state index is 4.06. The van der Waals surface area contributed by atoms with Gasteiger partial charge in [0, 0.05) is 31.5 Å². The maximum Gasteiger partial charge on any atom is 0.0271 e. The second kappa shape index (κ2) is 7.61. The van der Waals surface area contributed by atoms with Gasteiger partial charge in [0.2, 0.25) is 0 Å². The molecule has 0 spiro atoms. The lowest BCUT2D eigenvalue weighted by Gasteiger charge is -2.36. The molecule has 0 radical (unpaired) electrons. The van der Waals surface area contributed by atoms with Crippen molar-refractivity contribution in [1.82, 2.24) is 15.2 Å². The van der Waals surface area contributed by atoms with E-state index in [1.165, 1.54) is 12.0 Å². The SMILES string of the molecule is CCCNC(C)C(C)(C)CN(C)Cc1ccncc1. The summed E-state index contributed by atoms with van der Waals surface area (Å²) in [4.78, 5) is 6.45. The molecule has 0 aliphatic heterocycles. The summed E-state index contributed by atoms with van der Waals surface area (Å²) in [7, 11) is 2.19. The zero-order valence-electron chi connectivity index (χ0n) is 13.1. The molecule has 0 amide bonds. The molecule has 19 heavy (non-hydrogen) atoms. The smallest absolute Gasteiger partial charge is 0.0271 e. The highest BCUT2D eigenvalue weighted by molar-refractivity contribution is 5.09. The Morgan fingerprint density at radius 1 is 1.32 bits per heavy atom. The Labute approximate surface area is 118 Å². The predicted molar refractivity (Wildman–Crippen MR) is 82.1 cm³/mol. The van der Waals surface area contributed by atoms with E-state index in [0.29, 0.717) is 6.04 Å². The highest BCUT2D eigenvalue weighted by Gasteiger charge is 2.26. The molecule has 0 saturated carbocycles. The van der Waals surface area contributed by atoms with Gasteiger partial charge in [0.15, 0.2) is 0 Å². The van der Waals surface area contributed by atoms with E-state index < -0.39 is 0 Å². The van der Waals surface area contributed by atoms with Crippen LogP contribution in [-0.2, 0) is 6.54 Å². The van der Waals surface area contributed by atoms with Crippen LogP contribution in [0.2, 0.25) is 0 Å². The fourth-order valence-corrected chi connectivity index (χ4v) is 2.33. The first kappa shape index (κ1) is 16.1. The van der Waals surface area contributed by atoms with E-state index in [-0.39, 0.29) is 5.41 Å². The topological polar surface area (TPSA) is 28.2 Å². The number of pyridine rings is 1. The summed E-state index contributed by atoms with van der Waals surface area (Å²) < 4.78 is 0. The molecule has 0 fully saturated rings. The molecule has 1 heterocycles. The molecular weight excluding hydrogens is 234 g/mol. The van der Waals surface area contributed by atoms with E-state index >= 15 is 0 Å². The second-order valence-electron chi connectivity index (χ2n) is 6.19. The van der Waals surface area contributed by atoms with Gasteiger partial charge < -0.3 is 10.2 Å². The molecule has 0 aliphatic carbocycles. The highest BCUT2D eigenvalue weighted by Crippen LogP contribution is 2.22. The number of aromatic nitrogens is 1. The Kier molecular flexibility index (Phi) is 6.46. The lowest BCUT2D eigenvalue weighted by Crippen LogP contribution is -2.46. The summed E-state index contributed by atoms with van der Waals surface area (Å²) in [5.41, 5.74) is 1.58. The first-order valence-electron chi connectivity index (χ1n) is 7.26. The van der Waals surface area contributed by atoms with Crippen molar-refractivity contribution in [3.05, 3.63) is 30.1 Å². The third kappa shape index (κ3) is 5.70. The third-order valence-corrected chi connectivity index (χ3v) is 3.75. The van der Waals surface area contributed by atoms with Crippen LogP contribution < -0.4 is 5.32 Å². The fourth-order valence-electron chi connectivity index (χ4n) is 2.33. The van der Waals surface area contributed by atoms with E-state index in [2.05, 4.69) is 62.1 Å². The average molecular weight is 263 g/mol. The van der Waals surface area contributed by atoms with Crippen LogP contribution in [0.15, 0.2) is 24.5 Å². The van der Waals surface area contributed by atoms with Crippen LogP contribution in [0.5, 0.6) is 0 Å². The van der Waals surface area contributed by atoms with Gasteiger partial charge in [-0.25, -0.2) is 0 Å². The Morgan fingerprint density at radius 2 is 1.95 bits per heavy atom. The van der Waals surface area contributed by atoms with Crippen LogP contribution in [0, 0.1) is 5.41 Å². The molecular formula is C16H29N3. The van der Waals surface area contributed by atoms with Crippen molar-refractivity contribution in [2.24, 2.45) is 5.41 Å². The van der Waals surface area contributed by atoms with Crippen LogP contribution in [0.25, 0.3) is 0 Å². The van der Waals surface area contributed by atoms with E-state index in [1.807, 2.05) is 12.4 Å². The molecule has 3 nitrogen and oxygen atoms in total. The number of rotatable bonds is 8. The largest absolute Gasteiger partial charge is 0.314 e. The minimum atomic E-state index is 0.261. The Bertz CT molecular complexity index is 348. The fraction of sp³-hybridized carbons (Fsp3) is 0.688. The minimum Gasteiger partial charge on any atom is -0.314 e. The first-order valence-corrected chi connectivity index (χ1v) is 7.26. The number of nitrogens with zero attached hydrogens (tertiary/aromatic N) is 2. The Morgan fingerprint density at radius 3 is 2.53 bits per heavy atom. The standard InChI is InChI=1S/C16H29N3/c1-6-9-18-14(2)16(3,4)13-19(5)12-15-7-10-17-11-8-15/h7-8,10-11,14,18H,6,9,12-13H2,1-5H3. The van der Waals surface area contributed by atoms with Gasteiger partial charge in [0.1, 0.15) is 0 Å². The van der Waals surface area contributed by atoms with Crippen molar-refractivity contribution >= 4 is 0 Å². The summed E-state index contributed by atoms with van der Waals surface area (Å²) in [6.45, 7) is 12.3. The second-order valence-corrected chi connectivity index (χ2v) is 6.19. The Balaban J connectivity index is 2.47. The zero-order valence-corrected chi connectivity index (χ0v) is 13.1. The van der Waals surface area contributed by atoms with Gasteiger partial charge in [-0.3, -0.25) is 4.98 Å². The van der Waals surface area contributed by atoms with Crippen LogP contribution in [0.1, 0.15) is 39.7 Å². The van der Waals surface area contributed by atoms with E-state index in [4.69, 9.17) is 0 Å². The van der Waals surface area contributed by atoms with Crippen molar-refractivity contribution in [2.75, 3.05) is 20.1 Å². The van der Waals surface area contributed by atoms with Crippen LogP contribution in [0.4, 0.5) is 0 Å². The molecule has 0 aromatic carbocycles. The van der Waals surface area contributed by atoms with Crippen molar-refractivity contribution in [3.8, 4) is 0 Å². The van der Waals surface area contributed by atoms with E-state index in [1.54, 1.807) is 0 Å². The molecule has 3 heteroatoms. The number of hydrogen-bond donors (Lipinski definition) is 1. The summed E-state index contributed by atoms with van der Waals surface area (Å²) in [6.07, 6.45) is 4.91. The molecule has 0 aliphatic rings. The number of hydrogen-bond acceptors (Lipinski definition) is 3. The van der Waals surface area contributed by atoms with E-state index in [0.717, 1.165) is 19.6 Å². The van der Waals surface area contributed by atoms with Crippen molar-refractivity contribution in [2.45, 2.75) is 46.7 Å². The van der Waals surface area contributed by atoms with Gasteiger partial charge in [-0.1, -0.05) is 20.8 Å². The van der Waals surface area contributed by atoms with Crippen molar-refractivity contribution in [1.29, 1.82) is 0 Å². The molecule has 1 aromatic rings. The monoisotopic (exact) mass is 263 g/mol. The molecule has 0 bridgehead atoms. The van der Waals surface area contributed by atoms with Crippen LogP contribution >= 0.6 is 0 Å². The van der Waals surface area contributed by atoms with Gasteiger partial charge in [-0.2, -0.15) is 0 Å². The quantitative estimate of drug-likeness (QED) is 0.781. The lowest BCUT2D eigenvalue weighted by atomic mass is 9.84. The van der Waals surface area contributed by atoms with Gasteiger partial charge in [-0.15, -0.1) is 0 Å². The average Bonchev–Trinajstić information content (AvgIpc) is 2.36. The molecule has 1 aromatic heterocycles. The van der Waals surface area contributed by atoms with E-state index in [9.17, 15) is 0 Å². The summed E-state index contributed by atoms with van der Waals surface area (Å²) in [5.74, 6) is 0. The molecule has 1 unspecified atom stereocenters. The summed E-state index contributed by atoms with van der Waals surface area (Å²) >= 11 is 0. The minimum absolute atomic E-state index is 0.261. The molecule has 108 valence electrons. The van der Waals surface area contributed by atoms with Gasteiger partial charge >= 0.3 is 0 Å².